The SMILES string of the molecule is CCCCOc1ccc(-c2ncc(C(=O)[O-])c(C)n2)cc1. The van der Waals surface area contributed by atoms with Crippen molar-refractivity contribution < 1.29 is 14.6 Å². The standard InChI is InChI=1S/C16H18N2O3/c1-3-4-9-21-13-7-5-12(6-8-13)15-17-10-14(16(19)20)11(2)18-15/h5-8,10H,3-4,9H2,1-2H3,(H,19,20)/p-1. The zero-order valence-corrected chi connectivity index (χ0v) is 12.1. The number of hydrogen-bond acceptors (Lipinski definition) is 5. The van der Waals surface area contributed by atoms with Crippen LogP contribution in [0.5, 0.6) is 5.75 Å². The van der Waals surface area contributed by atoms with Crippen LogP contribution >= 0.6 is 0 Å². The molecule has 0 radical (unpaired) electrons. The Kier molecular flexibility index (Phi) is 4.87. The molecule has 0 saturated heterocycles. The number of rotatable bonds is 6. The first-order valence-electron chi connectivity index (χ1n) is 6.90. The fourth-order valence-corrected chi connectivity index (χ4v) is 1.84. The lowest BCUT2D eigenvalue weighted by atomic mass is 10.2. The number of aromatic nitrogens is 2. The highest BCUT2D eigenvalue weighted by molar-refractivity contribution is 5.86. The molecule has 2 rings (SSSR count). The molecule has 2 aromatic rings. The van der Waals surface area contributed by atoms with Crippen molar-refractivity contribution in [3.63, 3.8) is 0 Å². The minimum atomic E-state index is -1.27. The number of ether oxygens (including phenoxy) is 1. The number of carboxylic acids is 1. The van der Waals surface area contributed by atoms with Crippen LogP contribution in [0.15, 0.2) is 30.5 Å². The maximum atomic E-state index is 10.8. The van der Waals surface area contributed by atoms with E-state index in [0.717, 1.165) is 24.2 Å². The molecule has 0 bridgehead atoms. The Morgan fingerprint density at radius 2 is 2.00 bits per heavy atom. The molecule has 0 amide bonds. The molecule has 1 heterocycles. The van der Waals surface area contributed by atoms with Gasteiger partial charge < -0.3 is 14.6 Å². The Morgan fingerprint density at radius 3 is 2.57 bits per heavy atom. The number of nitrogens with zero attached hydrogens (tertiary/aromatic N) is 2. The molecule has 5 heteroatoms. The summed E-state index contributed by atoms with van der Waals surface area (Å²) in [6.07, 6.45) is 3.39. The number of carbonyl (C=O) groups is 1. The molecule has 0 aliphatic heterocycles. The molecule has 21 heavy (non-hydrogen) atoms. The number of benzene rings is 1. The van der Waals surface area contributed by atoms with Crippen molar-refractivity contribution in [1.82, 2.24) is 9.97 Å². The summed E-state index contributed by atoms with van der Waals surface area (Å²) in [5.74, 6) is 0.0200. The quantitative estimate of drug-likeness (QED) is 0.759. The van der Waals surface area contributed by atoms with Gasteiger partial charge in [-0.3, -0.25) is 0 Å². The molecule has 0 aliphatic carbocycles. The summed E-state index contributed by atoms with van der Waals surface area (Å²) >= 11 is 0. The van der Waals surface area contributed by atoms with Crippen LogP contribution in [0.2, 0.25) is 0 Å². The molecule has 110 valence electrons. The van der Waals surface area contributed by atoms with Crippen molar-refractivity contribution in [2.75, 3.05) is 6.61 Å². The van der Waals surface area contributed by atoms with E-state index >= 15 is 0 Å². The van der Waals surface area contributed by atoms with Crippen LogP contribution in [0.4, 0.5) is 0 Å². The molecular weight excluding hydrogens is 268 g/mol. The molecule has 0 unspecified atom stereocenters. The maximum absolute atomic E-state index is 10.8. The van der Waals surface area contributed by atoms with Gasteiger partial charge in [-0.15, -0.1) is 0 Å². The van der Waals surface area contributed by atoms with Gasteiger partial charge in [0.15, 0.2) is 5.82 Å². The molecule has 0 spiro atoms. The van der Waals surface area contributed by atoms with Gasteiger partial charge in [-0.1, -0.05) is 13.3 Å². The monoisotopic (exact) mass is 285 g/mol. The summed E-state index contributed by atoms with van der Waals surface area (Å²) in [7, 11) is 0. The van der Waals surface area contributed by atoms with Gasteiger partial charge in [0.2, 0.25) is 0 Å². The summed E-state index contributed by atoms with van der Waals surface area (Å²) in [6.45, 7) is 4.44. The van der Waals surface area contributed by atoms with Crippen molar-refractivity contribution in [2.45, 2.75) is 26.7 Å². The van der Waals surface area contributed by atoms with E-state index in [0.29, 0.717) is 18.1 Å². The highest BCUT2D eigenvalue weighted by Crippen LogP contribution is 2.20. The Labute approximate surface area is 123 Å². The summed E-state index contributed by atoms with van der Waals surface area (Å²) < 4.78 is 5.58. The highest BCUT2D eigenvalue weighted by atomic mass is 16.5. The van der Waals surface area contributed by atoms with Crippen LogP contribution in [0.3, 0.4) is 0 Å². The van der Waals surface area contributed by atoms with Gasteiger partial charge in [-0.25, -0.2) is 9.97 Å². The Morgan fingerprint density at radius 1 is 1.29 bits per heavy atom. The van der Waals surface area contributed by atoms with Gasteiger partial charge in [-0.05, 0) is 37.6 Å². The zero-order chi connectivity index (χ0) is 15.2. The van der Waals surface area contributed by atoms with E-state index in [-0.39, 0.29) is 5.56 Å². The fourth-order valence-electron chi connectivity index (χ4n) is 1.84. The third kappa shape index (κ3) is 3.78. The average molecular weight is 285 g/mol. The minimum Gasteiger partial charge on any atom is -0.545 e. The van der Waals surface area contributed by atoms with Gasteiger partial charge in [0.05, 0.1) is 18.3 Å². The third-order valence-corrected chi connectivity index (χ3v) is 3.08. The van der Waals surface area contributed by atoms with E-state index in [2.05, 4.69) is 16.9 Å². The molecule has 0 saturated carbocycles. The summed E-state index contributed by atoms with van der Waals surface area (Å²) in [5, 5.41) is 10.8. The molecule has 5 nitrogen and oxygen atoms in total. The van der Waals surface area contributed by atoms with Crippen LogP contribution in [-0.4, -0.2) is 22.5 Å². The number of carboxylic acid groups (broad SMARTS) is 1. The predicted octanol–water partition coefficient (Wildman–Crippen LogP) is 1.99. The molecule has 0 N–H and O–H groups in total. The lowest BCUT2D eigenvalue weighted by molar-refractivity contribution is -0.255. The smallest absolute Gasteiger partial charge is 0.159 e. The second-order valence-electron chi connectivity index (χ2n) is 4.71. The van der Waals surface area contributed by atoms with Crippen molar-refractivity contribution in [1.29, 1.82) is 0 Å². The third-order valence-electron chi connectivity index (χ3n) is 3.08. The molecular formula is C16H17N2O3-. The number of carbonyl (C=O) groups excluding carboxylic acids is 1. The van der Waals surface area contributed by atoms with Crippen LogP contribution in [-0.2, 0) is 0 Å². The van der Waals surface area contributed by atoms with Crippen molar-refractivity contribution in [3.05, 3.63) is 41.7 Å². The number of hydrogen-bond donors (Lipinski definition) is 0. The Balaban J connectivity index is 2.15. The minimum absolute atomic E-state index is 0.0123. The lowest BCUT2D eigenvalue weighted by Crippen LogP contribution is -2.24. The van der Waals surface area contributed by atoms with E-state index in [9.17, 15) is 9.90 Å². The molecule has 0 atom stereocenters. The van der Waals surface area contributed by atoms with Crippen molar-refractivity contribution >= 4 is 5.97 Å². The van der Waals surface area contributed by atoms with E-state index in [1.807, 2.05) is 24.3 Å². The van der Waals surface area contributed by atoms with E-state index in [1.165, 1.54) is 6.20 Å². The Bertz CT molecular complexity index is 624. The second-order valence-corrected chi connectivity index (χ2v) is 4.71. The largest absolute Gasteiger partial charge is 0.545 e. The summed E-state index contributed by atoms with van der Waals surface area (Å²) in [6, 6.07) is 7.43. The highest BCUT2D eigenvalue weighted by Gasteiger charge is 2.06. The normalized spacial score (nSPS) is 10.4. The second kappa shape index (κ2) is 6.83. The van der Waals surface area contributed by atoms with Crippen molar-refractivity contribution in [3.8, 4) is 17.1 Å². The number of unbranched alkanes of at least 4 members (excludes halogenated alkanes) is 1. The van der Waals surface area contributed by atoms with Crippen molar-refractivity contribution in [2.24, 2.45) is 0 Å². The Hall–Kier alpha value is -2.43. The first-order valence-corrected chi connectivity index (χ1v) is 6.90. The van der Waals surface area contributed by atoms with Gasteiger partial charge in [0, 0.05) is 17.3 Å². The van der Waals surface area contributed by atoms with Crippen LogP contribution in [0.1, 0.15) is 35.8 Å². The van der Waals surface area contributed by atoms with E-state index in [1.54, 1.807) is 6.92 Å². The van der Waals surface area contributed by atoms with Gasteiger partial charge in [-0.2, -0.15) is 0 Å². The zero-order valence-electron chi connectivity index (χ0n) is 12.1. The number of aryl methyl sites for hydroxylation is 1. The van der Waals surface area contributed by atoms with Crippen LogP contribution < -0.4 is 9.84 Å². The van der Waals surface area contributed by atoms with Crippen LogP contribution in [0.25, 0.3) is 11.4 Å². The maximum Gasteiger partial charge on any atom is 0.159 e. The van der Waals surface area contributed by atoms with E-state index < -0.39 is 5.97 Å². The topological polar surface area (TPSA) is 75.1 Å². The average Bonchev–Trinajstić information content (AvgIpc) is 2.48. The number of aromatic carboxylic acids is 1. The first-order chi connectivity index (χ1) is 10.1. The summed E-state index contributed by atoms with van der Waals surface area (Å²) in [4.78, 5) is 19.1. The van der Waals surface area contributed by atoms with Gasteiger partial charge in [0.25, 0.3) is 0 Å². The first kappa shape index (κ1) is 15.0. The lowest BCUT2D eigenvalue weighted by Gasteiger charge is -2.08. The van der Waals surface area contributed by atoms with Gasteiger partial charge in [0.1, 0.15) is 5.75 Å². The molecule has 0 fully saturated rings. The predicted molar refractivity (Wildman–Crippen MR) is 76.9 cm³/mol. The van der Waals surface area contributed by atoms with E-state index in [4.69, 9.17) is 4.74 Å². The fraction of sp³-hybridized carbons (Fsp3) is 0.312. The molecule has 0 aliphatic rings. The van der Waals surface area contributed by atoms with Crippen LogP contribution in [0, 0.1) is 6.92 Å². The molecule has 1 aromatic carbocycles. The van der Waals surface area contributed by atoms with Gasteiger partial charge >= 0.3 is 0 Å². The summed E-state index contributed by atoms with van der Waals surface area (Å²) in [5.41, 5.74) is 1.22. The molecule has 1 aromatic heterocycles.